The van der Waals surface area contributed by atoms with Gasteiger partial charge in [0.2, 0.25) is 0 Å². The number of aromatic nitrogens is 2. The monoisotopic (exact) mass is 303 g/mol. The van der Waals surface area contributed by atoms with Gasteiger partial charge in [0.25, 0.3) is 0 Å². The molecule has 1 fully saturated rings. The van der Waals surface area contributed by atoms with Gasteiger partial charge in [-0.15, -0.1) is 0 Å². The average molecular weight is 303 g/mol. The van der Waals surface area contributed by atoms with Crippen LogP contribution in [0, 0.1) is 0 Å². The van der Waals surface area contributed by atoms with E-state index in [-0.39, 0.29) is 12.0 Å². The molecule has 1 aliphatic heterocycles. The Bertz CT molecular complexity index is 596. The number of imidazole rings is 1. The van der Waals surface area contributed by atoms with Gasteiger partial charge >= 0.3 is 6.09 Å². The molecule has 1 saturated heterocycles. The Morgan fingerprint density at radius 1 is 1.36 bits per heavy atom. The summed E-state index contributed by atoms with van der Waals surface area (Å²) < 4.78 is 7.47. The zero-order valence-electron chi connectivity index (χ0n) is 13.9. The predicted octanol–water partition coefficient (Wildman–Crippen LogP) is 3.43. The van der Waals surface area contributed by atoms with E-state index in [9.17, 15) is 4.79 Å². The maximum Gasteiger partial charge on any atom is 0.410 e. The first-order valence-electron chi connectivity index (χ1n) is 7.56. The van der Waals surface area contributed by atoms with Crippen molar-refractivity contribution in [3.05, 3.63) is 30.4 Å². The number of carbonyl (C=O) groups excluding carboxylic acids is 1. The Morgan fingerprint density at radius 2 is 2.05 bits per heavy atom. The van der Waals surface area contributed by atoms with E-state index >= 15 is 0 Å². The summed E-state index contributed by atoms with van der Waals surface area (Å²) in [4.78, 5) is 18.6. The highest BCUT2D eigenvalue weighted by Gasteiger charge is 2.33. The Morgan fingerprint density at radius 3 is 2.55 bits per heavy atom. The van der Waals surface area contributed by atoms with Gasteiger partial charge < -0.3 is 14.2 Å². The maximum atomic E-state index is 12.2. The predicted molar refractivity (Wildman–Crippen MR) is 88.6 cm³/mol. The molecule has 0 aliphatic carbocycles. The number of carbonyl (C=O) groups is 1. The molecule has 0 radical (unpaired) electrons. The fraction of sp³-hybridized carbons (Fsp3) is 0.529. The number of rotatable bonds is 3. The smallest absolute Gasteiger partial charge is 0.410 e. The van der Waals surface area contributed by atoms with Crippen molar-refractivity contribution in [1.29, 1.82) is 0 Å². The van der Waals surface area contributed by atoms with Crippen LogP contribution < -0.4 is 0 Å². The van der Waals surface area contributed by atoms with Gasteiger partial charge in [-0.05, 0) is 39.3 Å². The Kier molecular flexibility index (Phi) is 4.44. The summed E-state index contributed by atoms with van der Waals surface area (Å²) in [5.74, 6) is 1.18. The second kappa shape index (κ2) is 5.99. The van der Waals surface area contributed by atoms with E-state index in [0.29, 0.717) is 13.1 Å². The molecule has 1 atom stereocenters. The highest BCUT2D eigenvalue weighted by Crippen LogP contribution is 2.29. The van der Waals surface area contributed by atoms with Gasteiger partial charge in [-0.25, -0.2) is 9.78 Å². The third-order valence-corrected chi connectivity index (χ3v) is 3.79. The molecular formula is C17H25N3O2. The van der Waals surface area contributed by atoms with Crippen LogP contribution in [-0.2, 0) is 11.8 Å². The van der Waals surface area contributed by atoms with Crippen molar-refractivity contribution in [2.24, 2.45) is 7.05 Å². The van der Waals surface area contributed by atoms with E-state index in [2.05, 4.69) is 18.1 Å². The van der Waals surface area contributed by atoms with Crippen LogP contribution in [0.5, 0.6) is 0 Å². The minimum atomic E-state index is -0.468. The lowest BCUT2D eigenvalue weighted by molar-refractivity contribution is 0.0292. The van der Waals surface area contributed by atoms with Crippen LogP contribution in [0.2, 0.25) is 0 Å². The molecule has 22 heavy (non-hydrogen) atoms. The number of hydrogen-bond donors (Lipinski definition) is 0. The van der Waals surface area contributed by atoms with Crippen LogP contribution in [0.15, 0.2) is 13.2 Å². The minimum Gasteiger partial charge on any atom is -0.444 e. The molecule has 2 heterocycles. The van der Waals surface area contributed by atoms with Crippen LogP contribution >= 0.6 is 0 Å². The molecule has 1 aliphatic rings. The summed E-state index contributed by atoms with van der Waals surface area (Å²) in [6.07, 6.45) is 4.16. The zero-order chi connectivity index (χ0) is 16.5. The number of hydrogen-bond acceptors (Lipinski definition) is 3. The van der Waals surface area contributed by atoms with Crippen LogP contribution in [0.25, 0.3) is 12.2 Å². The summed E-state index contributed by atoms with van der Waals surface area (Å²) >= 11 is 0. The molecule has 120 valence electrons. The lowest BCUT2D eigenvalue weighted by Gasteiger charge is -2.24. The molecule has 1 amide bonds. The zero-order valence-corrected chi connectivity index (χ0v) is 13.9. The SMILES string of the molecule is C=Cc1nc(C2CCN(C(=O)OC(C)(C)C)C2)n(C)c1C=C. The van der Waals surface area contributed by atoms with Gasteiger partial charge in [-0.2, -0.15) is 0 Å². The van der Waals surface area contributed by atoms with Crippen molar-refractivity contribution in [3.63, 3.8) is 0 Å². The maximum absolute atomic E-state index is 12.2. The molecule has 5 heteroatoms. The molecule has 5 nitrogen and oxygen atoms in total. The number of amides is 1. The number of likely N-dealkylation sites (tertiary alicyclic amines) is 1. The van der Waals surface area contributed by atoms with Crippen molar-refractivity contribution < 1.29 is 9.53 Å². The molecule has 1 aromatic rings. The standard InChI is InChI=1S/C17H25N3O2/c1-7-13-14(8-2)19(6)15(18-13)12-9-10-20(11-12)16(21)22-17(3,4)5/h7-8,12H,1-2,9-11H2,3-6H3. The summed E-state index contributed by atoms with van der Waals surface area (Å²) in [5.41, 5.74) is 1.33. The summed E-state index contributed by atoms with van der Waals surface area (Å²) in [7, 11) is 1.97. The molecule has 2 rings (SSSR count). The minimum absolute atomic E-state index is 0.213. The van der Waals surface area contributed by atoms with E-state index in [1.807, 2.05) is 32.4 Å². The lowest BCUT2D eigenvalue weighted by atomic mass is 10.1. The van der Waals surface area contributed by atoms with Crippen molar-refractivity contribution in [1.82, 2.24) is 14.5 Å². The van der Waals surface area contributed by atoms with Gasteiger partial charge in [0, 0.05) is 26.1 Å². The van der Waals surface area contributed by atoms with Crippen molar-refractivity contribution in [3.8, 4) is 0 Å². The number of nitrogens with zero attached hydrogens (tertiary/aromatic N) is 3. The molecular weight excluding hydrogens is 278 g/mol. The second-order valence-corrected chi connectivity index (χ2v) is 6.62. The van der Waals surface area contributed by atoms with Gasteiger partial charge in [0.1, 0.15) is 11.4 Å². The van der Waals surface area contributed by atoms with E-state index < -0.39 is 5.60 Å². The average Bonchev–Trinajstić information content (AvgIpc) is 3.00. The third kappa shape index (κ3) is 3.24. The molecule has 1 aromatic heterocycles. The topological polar surface area (TPSA) is 47.4 Å². The van der Waals surface area contributed by atoms with Gasteiger partial charge in [0.05, 0.1) is 11.4 Å². The summed E-state index contributed by atoms with van der Waals surface area (Å²) in [6, 6.07) is 0. The molecule has 0 aromatic carbocycles. The fourth-order valence-electron chi connectivity index (χ4n) is 2.77. The Hall–Kier alpha value is -2.04. The highest BCUT2D eigenvalue weighted by atomic mass is 16.6. The second-order valence-electron chi connectivity index (χ2n) is 6.62. The highest BCUT2D eigenvalue weighted by molar-refractivity contribution is 5.68. The normalized spacial score (nSPS) is 18.4. The lowest BCUT2D eigenvalue weighted by Crippen LogP contribution is -2.35. The first kappa shape index (κ1) is 16.3. The van der Waals surface area contributed by atoms with Crippen molar-refractivity contribution in [2.75, 3.05) is 13.1 Å². The molecule has 0 saturated carbocycles. The van der Waals surface area contributed by atoms with Gasteiger partial charge in [0.15, 0.2) is 0 Å². The van der Waals surface area contributed by atoms with E-state index in [1.54, 1.807) is 17.1 Å². The Balaban J connectivity index is 2.14. The van der Waals surface area contributed by atoms with E-state index in [4.69, 9.17) is 4.74 Å². The largest absolute Gasteiger partial charge is 0.444 e. The van der Waals surface area contributed by atoms with Crippen molar-refractivity contribution >= 4 is 18.2 Å². The van der Waals surface area contributed by atoms with E-state index in [1.165, 1.54) is 0 Å². The first-order chi connectivity index (χ1) is 10.3. The first-order valence-corrected chi connectivity index (χ1v) is 7.56. The van der Waals surface area contributed by atoms with Crippen LogP contribution in [0.3, 0.4) is 0 Å². The Labute approximate surface area is 132 Å². The quantitative estimate of drug-likeness (QED) is 0.859. The fourth-order valence-corrected chi connectivity index (χ4v) is 2.77. The van der Waals surface area contributed by atoms with E-state index in [0.717, 1.165) is 23.6 Å². The van der Waals surface area contributed by atoms with Crippen molar-refractivity contribution in [2.45, 2.75) is 38.7 Å². The van der Waals surface area contributed by atoms with Gasteiger partial charge in [-0.1, -0.05) is 13.2 Å². The van der Waals surface area contributed by atoms with Crippen LogP contribution in [0.4, 0.5) is 4.79 Å². The molecule has 0 N–H and O–H groups in total. The van der Waals surface area contributed by atoms with Crippen LogP contribution in [-0.4, -0.2) is 39.2 Å². The van der Waals surface area contributed by atoms with Crippen LogP contribution in [0.1, 0.15) is 50.3 Å². The summed E-state index contributed by atoms with van der Waals surface area (Å²) in [5, 5.41) is 0. The molecule has 1 unspecified atom stereocenters. The van der Waals surface area contributed by atoms with Gasteiger partial charge in [-0.3, -0.25) is 0 Å². The molecule has 0 bridgehead atoms. The molecule has 0 spiro atoms. The number of ether oxygens (including phenoxy) is 1. The summed E-state index contributed by atoms with van der Waals surface area (Å²) in [6.45, 7) is 14.6. The third-order valence-electron chi connectivity index (χ3n) is 3.79.